The van der Waals surface area contributed by atoms with Gasteiger partial charge in [-0.15, -0.1) is 11.8 Å². The van der Waals surface area contributed by atoms with Crippen LogP contribution in [-0.4, -0.2) is 25.2 Å². The highest BCUT2D eigenvalue weighted by molar-refractivity contribution is 7.98. The van der Waals surface area contributed by atoms with Crippen LogP contribution < -0.4 is 5.32 Å². The lowest BCUT2D eigenvalue weighted by molar-refractivity contribution is 0.0600. The molecule has 28 heavy (non-hydrogen) atoms. The molecule has 0 radical (unpaired) electrons. The number of benzene rings is 3. The Kier molecular flexibility index (Phi) is 6.50. The van der Waals surface area contributed by atoms with Gasteiger partial charge in [0.2, 0.25) is 0 Å². The minimum absolute atomic E-state index is 0.220. The summed E-state index contributed by atoms with van der Waals surface area (Å²) in [6, 6.07) is 22.5. The summed E-state index contributed by atoms with van der Waals surface area (Å²) in [5.74, 6) is -0.646. The topological polar surface area (TPSA) is 55.4 Å². The molecule has 0 saturated carbocycles. The van der Waals surface area contributed by atoms with E-state index in [-0.39, 0.29) is 5.91 Å². The van der Waals surface area contributed by atoms with E-state index in [9.17, 15) is 9.59 Å². The number of methoxy groups -OCH3 is 1. The zero-order valence-corrected chi connectivity index (χ0v) is 16.6. The molecule has 3 rings (SSSR count). The maximum Gasteiger partial charge on any atom is 0.337 e. The second kappa shape index (κ2) is 9.24. The van der Waals surface area contributed by atoms with Crippen LogP contribution in [0.25, 0.3) is 0 Å². The zero-order chi connectivity index (χ0) is 19.9. The molecule has 3 aromatic rings. The van der Waals surface area contributed by atoms with Gasteiger partial charge < -0.3 is 10.1 Å². The van der Waals surface area contributed by atoms with Gasteiger partial charge in [0.05, 0.1) is 12.7 Å². The zero-order valence-electron chi connectivity index (χ0n) is 15.8. The fourth-order valence-corrected chi connectivity index (χ4v) is 3.54. The van der Waals surface area contributed by atoms with Crippen LogP contribution in [0, 0.1) is 0 Å². The van der Waals surface area contributed by atoms with Crippen molar-refractivity contribution < 1.29 is 14.3 Å². The Balaban J connectivity index is 1.79. The molecule has 0 fully saturated rings. The molecule has 1 N–H and O–H groups in total. The maximum absolute atomic E-state index is 12.7. The van der Waals surface area contributed by atoms with E-state index in [0.29, 0.717) is 11.1 Å². The first-order valence-electron chi connectivity index (χ1n) is 8.82. The molecule has 1 amide bonds. The highest BCUT2D eigenvalue weighted by Crippen LogP contribution is 2.26. The van der Waals surface area contributed by atoms with E-state index in [1.54, 1.807) is 36.0 Å². The number of esters is 1. The van der Waals surface area contributed by atoms with Gasteiger partial charge in [-0.2, -0.15) is 0 Å². The van der Waals surface area contributed by atoms with Crippen molar-refractivity contribution in [3.05, 3.63) is 95.1 Å². The summed E-state index contributed by atoms with van der Waals surface area (Å²) in [5.41, 5.74) is 3.93. The molecule has 0 aliphatic rings. The summed E-state index contributed by atoms with van der Waals surface area (Å²) in [7, 11) is 1.33. The first kappa shape index (κ1) is 19.7. The molecule has 0 saturated heterocycles. The van der Waals surface area contributed by atoms with Crippen LogP contribution in [0.1, 0.15) is 31.8 Å². The Morgan fingerprint density at radius 1 is 0.857 bits per heavy atom. The summed E-state index contributed by atoms with van der Waals surface area (Å²) < 4.78 is 4.68. The molecule has 5 heteroatoms. The molecule has 0 aliphatic carbocycles. The van der Waals surface area contributed by atoms with Crippen molar-refractivity contribution in [2.24, 2.45) is 0 Å². The van der Waals surface area contributed by atoms with E-state index in [2.05, 4.69) is 28.4 Å². The van der Waals surface area contributed by atoms with E-state index in [0.717, 1.165) is 17.7 Å². The standard InChI is InChI=1S/C23H21NO3S/c1-27-23(26)17-13-11-16(12-14-17)22(25)24-20-9-5-3-7-18(20)15-19-8-4-6-10-21(19)28-2/h3-14H,15H2,1-2H3,(H,24,25). The first-order valence-corrected chi connectivity index (χ1v) is 10.0. The average molecular weight is 391 g/mol. The van der Waals surface area contributed by atoms with Crippen LogP contribution in [0.4, 0.5) is 5.69 Å². The van der Waals surface area contributed by atoms with Crippen LogP contribution >= 0.6 is 11.8 Å². The van der Waals surface area contributed by atoms with Crippen molar-refractivity contribution in [1.82, 2.24) is 0 Å². The second-order valence-corrected chi connectivity index (χ2v) is 7.02. The molecule has 4 nitrogen and oxygen atoms in total. The Morgan fingerprint density at radius 3 is 2.14 bits per heavy atom. The van der Waals surface area contributed by atoms with E-state index in [1.165, 1.54) is 17.6 Å². The lowest BCUT2D eigenvalue weighted by Gasteiger charge is -2.13. The molecule has 0 spiro atoms. The maximum atomic E-state index is 12.7. The van der Waals surface area contributed by atoms with Crippen molar-refractivity contribution in [1.29, 1.82) is 0 Å². The Hall–Kier alpha value is -3.05. The van der Waals surface area contributed by atoms with Gasteiger partial charge in [0.1, 0.15) is 0 Å². The fraction of sp³-hybridized carbons (Fsp3) is 0.130. The molecule has 0 bridgehead atoms. The monoisotopic (exact) mass is 391 g/mol. The molecule has 0 aliphatic heterocycles. The third-order valence-electron chi connectivity index (χ3n) is 4.41. The fourth-order valence-electron chi connectivity index (χ4n) is 2.92. The molecule has 0 unspecified atom stereocenters. The van der Waals surface area contributed by atoms with E-state index < -0.39 is 5.97 Å². The van der Waals surface area contributed by atoms with Crippen molar-refractivity contribution in [3.8, 4) is 0 Å². The Labute approximate surface area is 168 Å². The quantitative estimate of drug-likeness (QED) is 0.472. The van der Waals surface area contributed by atoms with Crippen LogP contribution in [0.3, 0.4) is 0 Å². The minimum Gasteiger partial charge on any atom is -0.465 e. The third kappa shape index (κ3) is 4.61. The van der Waals surface area contributed by atoms with Crippen molar-refractivity contribution >= 4 is 29.3 Å². The molecule has 0 atom stereocenters. The number of hydrogen-bond donors (Lipinski definition) is 1. The van der Waals surface area contributed by atoms with Gasteiger partial charge in [0.15, 0.2) is 0 Å². The van der Waals surface area contributed by atoms with Crippen molar-refractivity contribution in [3.63, 3.8) is 0 Å². The third-order valence-corrected chi connectivity index (χ3v) is 5.25. The first-order chi connectivity index (χ1) is 13.6. The van der Waals surface area contributed by atoms with Crippen LogP contribution in [0.15, 0.2) is 77.7 Å². The SMILES string of the molecule is COC(=O)c1ccc(C(=O)Nc2ccccc2Cc2ccccc2SC)cc1. The summed E-state index contributed by atoms with van der Waals surface area (Å²) in [5, 5.41) is 2.99. The smallest absolute Gasteiger partial charge is 0.337 e. The summed E-state index contributed by atoms with van der Waals surface area (Å²) in [4.78, 5) is 25.4. The van der Waals surface area contributed by atoms with Gasteiger partial charge in [0.25, 0.3) is 5.91 Å². The number of anilines is 1. The molecular weight excluding hydrogens is 370 g/mol. The lowest BCUT2D eigenvalue weighted by Crippen LogP contribution is -2.14. The number of nitrogens with one attached hydrogen (secondary N) is 1. The predicted molar refractivity (Wildman–Crippen MR) is 113 cm³/mol. The number of ether oxygens (including phenoxy) is 1. The molecular formula is C23H21NO3S. The van der Waals surface area contributed by atoms with Gasteiger partial charge in [0, 0.05) is 22.6 Å². The van der Waals surface area contributed by atoms with Gasteiger partial charge >= 0.3 is 5.97 Å². The van der Waals surface area contributed by atoms with E-state index in [1.807, 2.05) is 36.4 Å². The largest absolute Gasteiger partial charge is 0.465 e. The molecule has 142 valence electrons. The number of amides is 1. The number of para-hydroxylation sites is 1. The van der Waals surface area contributed by atoms with Crippen LogP contribution in [-0.2, 0) is 11.2 Å². The van der Waals surface area contributed by atoms with Crippen LogP contribution in [0.5, 0.6) is 0 Å². The lowest BCUT2D eigenvalue weighted by atomic mass is 10.0. The molecule has 0 aromatic heterocycles. The number of carbonyl (C=O) groups is 2. The summed E-state index contributed by atoms with van der Waals surface area (Å²) >= 11 is 1.71. The number of rotatable bonds is 6. The normalized spacial score (nSPS) is 10.4. The number of carbonyl (C=O) groups excluding carboxylic acids is 2. The second-order valence-electron chi connectivity index (χ2n) is 6.17. The van der Waals surface area contributed by atoms with Gasteiger partial charge in [-0.3, -0.25) is 4.79 Å². The summed E-state index contributed by atoms with van der Waals surface area (Å²) in [6.07, 6.45) is 2.79. The number of thioether (sulfide) groups is 1. The van der Waals surface area contributed by atoms with E-state index >= 15 is 0 Å². The van der Waals surface area contributed by atoms with Crippen molar-refractivity contribution in [2.45, 2.75) is 11.3 Å². The van der Waals surface area contributed by atoms with E-state index in [4.69, 9.17) is 0 Å². The average Bonchev–Trinajstić information content (AvgIpc) is 2.75. The van der Waals surface area contributed by atoms with Gasteiger partial charge in [-0.05, 0) is 53.8 Å². The Bertz CT molecular complexity index is 983. The molecule has 3 aromatic carbocycles. The van der Waals surface area contributed by atoms with Gasteiger partial charge in [-0.1, -0.05) is 36.4 Å². The predicted octanol–water partition coefficient (Wildman–Crippen LogP) is 5.04. The molecule has 0 heterocycles. The van der Waals surface area contributed by atoms with Crippen LogP contribution in [0.2, 0.25) is 0 Å². The van der Waals surface area contributed by atoms with Gasteiger partial charge in [-0.25, -0.2) is 4.79 Å². The summed E-state index contributed by atoms with van der Waals surface area (Å²) in [6.45, 7) is 0. The van der Waals surface area contributed by atoms with Crippen molar-refractivity contribution in [2.75, 3.05) is 18.7 Å². The Morgan fingerprint density at radius 2 is 1.46 bits per heavy atom. The minimum atomic E-state index is -0.426. The number of hydrogen-bond acceptors (Lipinski definition) is 4. The highest BCUT2D eigenvalue weighted by atomic mass is 32.2. The highest BCUT2D eigenvalue weighted by Gasteiger charge is 2.12.